The molecule has 2 atom stereocenters. The summed E-state index contributed by atoms with van der Waals surface area (Å²) < 4.78 is 35.9. The predicted molar refractivity (Wildman–Crippen MR) is 136 cm³/mol. The Hall–Kier alpha value is -2.96. The fourth-order valence-electron chi connectivity index (χ4n) is 5.19. The van der Waals surface area contributed by atoms with Gasteiger partial charge in [-0.25, -0.2) is 8.78 Å². The van der Waals surface area contributed by atoms with Gasteiger partial charge in [-0.1, -0.05) is 60.7 Å². The Morgan fingerprint density at radius 3 is 2.14 bits per heavy atom. The zero-order valence-corrected chi connectivity index (χ0v) is 20.0. The Bertz CT molecular complexity index is 1070. The molecule has 0 unspecified atom stereocenters. The van der Waals surface area contributed by atoms with Gasteiger partial charge < -0.3 is 9.64 Å². The zero-order valence-electron chi connectivity index (χ0n) is 20.0. The molecule has 2 heterocycles. The number of hydrogen-bond acceptors (Lipinski definition) is 4. The molecule has 0 radical (unpaired) electrons. The average molecular weight is 478 g/mol. The van der Waals surface area contributed by atoms with Crippen molar-refractivity contribution in [2.75, 3.05) is 44.2 Å². The number of rotatable bonds is 7. The van der Waals surface area contributed by atoms with Crippen LogP contribution in [0.25, 0.3) is 0 Å². The largest absolute Gasteiger partial charge is 0.489 e. The minimum atomic E-state index is -1.00. The van der Waals surface area contributed by atoms with E-state index < -0.39 is 6.17 Å². The second kappa shape index (κ2) is 11.2. The van der Waals surface area contributed by atoms with Crippen LogP contribution in [-0.4, -0.2) is 61.3 Å². The summed E-state index contributed by atoms with van der Waals surface area (Å²) in [4.78, 5) is 6.56. The van der Waals surface area contributed by atoms with Crippen molar-refractivity contribution in [1.82, 2.24) is 9.80 Å². The number of anilines is 1. The SMILES string of the molecule is Fc1cc(OCc2ccccc2)ccc1N1CC[C@@H](N2CCN(Cc3ccccc3)CC2)[C@@H](F)C1. The van der Waals surface area contributed by atoms with E-state index in [9.17, 15) is 4.39 Å². The molecule has 184 valence electrons. The Kier molecular flexibility index (Phi) is 7.60. The molecule has 5 rings (SSSR count). The first-order valence-electron chi connectivity index (χ1n) is 12.5. The minimum absolute atomic E-state index is 0.0957. The van der Waals surface area contributed by atoms with Crippen LogP contribution in [0.15, 0.2) is 78.9 Å². The number of benzene rings is 3. The highest BCUT2D eigenvalue weighted by Gasteiger charge is 2.35. The maximum Gasteiger partial charge on any atom is 0.150 e. The molecule has 3 aromatic rings. The smallest absolute Gasteiger partial charge is 0.150 e. The highest BCUT2D eigenvalue weighted by Crippen LogP contribution is 2.30. The quantitative estimate of drug-likeness (QED) is 0.469. The van der Waals surface area contributed by atoms with Crippen LogP contribution in [0.4, 0.5) is 14.5 Å². The maximum atomic E-state index is 15.3. The fourth-order valence-corrected chi connectivity index (χ4v) is 5.19. The highest BCUT2D eigenvalue weighted by atomic mass is 19.1. The zero-order chi connectivity index (χ0) is 24.0. The molecule has 0 bridgehead atoms. The highest BCUT2D eigenvalue weighted by molar-refractivity contribution is 5.51. The number of ether oxygens (including phenoxy) is 1. The lowest BCUT2D eigenvalue weighted by molar-refractivity contribution is 0.0430. The van der Waals surface area contributed by atoms with E-state index >= 15 is 4.39 Å². The summed E-state index contributed by atoms with van der Waals surface area (Å²) in [5.41, 5.74) is 2.79. The third-order valence-corrected chi connectivity index (χ3v) is 7.14. The second-order valence-electron chi connectivity index (χ2n) is 9.50. The second-order valence-corrected chi connectivity index (χ2v) is 9.50. The molecule has 35 heavy (non-hydrogen) atoms. The lowest BCUT2D eigenvalue weighted by atomic mass is 9.99. The van der Waals surface area contributed by atoms with Crippen LogP contribution in [0.5, 0.6) is 5.75 Å². The van der Waals surface area contributed by atoms with Crippen LogP contribution >= 0.6 is 0 Å². The summed E-state index contributed by atoms with van der Waals surface area (Å²) >= 11 is 0. The Balaban J connectivity index is 1.12. The van der Waals surface area contributed by atoms with Gasteiger partial charge >= 0.3 is 0 Å². The van der Waals surface area contributed by atoms with Gasteiger partial charge in [-0.3, -0.25) is 9.80 Å². The normalized spacial score (nSPS) is 21.7. The molecule has 3 aromatic carbocycles. The third-order valence-electron chi connectivity index (χ3n) is 7.14. The van der Waals surface area contributed by atoms with E-state index in [1.165, 1.54) is 11.6 Å². The molecule has 2 fully saturated rings. The van der Waals surface area contributed by atoms with Crippen molar-refractivity contribution < 1.29 is 13.5 Å². The van der Waals surface area contributed by atoms with Gasteiger partial charge in [-0.2, -0.15) is 0 Å². The van der Waals surface area contributed by atoms with Crippen LogP contribution in [0, 0.1) is 5.82 Å². The maximum absolute atomic E-state index is 15.3. The number of piperidine rings is 1. The minimum Gasteiger partial charge on any atom is -0.489 e. The van der Waals surface area contributed by atoms with Crippen molar-refractivity contribution in [3.05, 3.63) is 95.8 Å². The van der Waals surface area contributed by atoms with Crippen LogP contribution < -0.4 is 9.64 Å². The molecule has 0 amide bonds. The molecule has 0 spiro atoms. The molecule has 0 aliphatic carbocycles. The van der Waals surface area contributed by atoms with Crippen molar-refractivity contribution >= 4 is 5.69 Å². The molecule has 0 N–H and O–H groups in total. The van der Waals surface area contributed by atoms with Gasteiger partial charge in [0.05, 0.1) is 12.2 Å². The predicted octanol–water partition coefficient (Wildman–Crippen LogP) is 5.14. The number of piperazine rings is 1. The van der Waals surface area contributed by atoms with E-state index in [1.54, 1.807) is 12.1 Å². The van der Waals surface area contributed by atoms with Crippen LogP contribution in [-0.2, 0) is 13.2 Å². The van der Waals surface area contributed by atoms with Crippen LogP contribution in [0.2, 0.25) is 0 Å². The topological polar surface area (TPSA) is 19.0 Å². The summed E-state index contributed by atoms with van der Waals surface area (Å²) in [6.07, 6.45) is -0.302. The molecular weight excluding hydrogens is 444 g/mol. The van der Waals surface area contributed by atoms with Gasteiger partial charge in [0.1, 0.15) is 24.3 Å². The first kappa shape index (κ1) is 23.8. The monoisotopic (exact) mass is 477 g/mol. The van der Waals surface area contributed by atoms with Crippen molar-refractivity contribution in [3.63, 3.8) is 0 Å². The Morgan fingerprint density at radius 2 is 1.49 bits per heavy atom. The molecule has 6 heteroatoms. The van der Waals surface area contributed by atoms with Crippen molar-refractivity contribution in [1.29, 1.82) is 0 Å². The third kappa shape index (κ3) is 6.00. The average Bonchev–Trinajstić information content (AvgIpc) is 2.89. The van der Waals surface area contributed by atoms with E-state index in [0.29, 0.717) is 31.0 Å². The fraction of sp³-hybridized carbons (Fsp3) is 0.379. The van der Waals surface area contributed by atoms with Crippen molar-refractivity contribution in [3.8, 4) is 5.75 Å². The molecular formula is C29H33F2N3O. The van der Waals surface area contributed by atoms with E-state index in [4.69, 9.17) is 4.74 Å². The van der Waals surface area contributed by atoms with Crippen LogP contribution in [0.3, 0.4) is 0 Å². The van der Waals surface area contributed by atoms with E-state index in [0.717, 1.165) is 38.3 Å². The number of alkyl halides is 1. The summed E-state index contributed by atoms with van der Waals surface area (Å²) in [7, 11) is 0. The van der Waals surface area contributed by atoms with E-state index in [1.807, 2.05) is 41.3 Å². The molecule has 4 nitrogen and oxygen atoms in total. The van der Waals surface area contributed by atoms with Gasteiger partial charge in [0.25, 0.3) is 0 Å². The van der Waals surface area contributed by atoms with Crippen LogP contribution in [0.1, 0.15) is 17.5 Å². The molecule has 0 saturated carbocycles. The van der Waals surface area contributed by atoms with Gasteiger partial charge in [0.2, 0.25) is 0 Å². The van der Waals surface area contributed by atoms with Crippen molar-refractivity contribution in [2.45, 2.75) is 31.8 Å². The summed E-state index contributed by atoms with van der Waals surface area (Å²) in [5, 5.41) is 0. The summed E-state index contributed by atoms with van der Waals surface area (Å²) in [6.45, 7) is 5.83. The first-order chi connectivity index (χ1) is 17.2. The molecule has 2 aliphatic heterocycles. The number of halogens is 2. The summed E-state index contributed by atoms with van der Waals surface area (Å²) in [6, 6.07) is 25.1. The number of hydrogen-bond donors (Lipinski definition) is 0. The molecule has 0 aromatic heterocycles. The molecule has 2 saturated heterocycles. The van der Waals surface area contributed by atoms with Gasteiger partial charge in [0, 0.05) is 51.4 Å². The number of nitrogens with zero attached hydrogens (tertiary/aromatic N) is 3. The van der Waals surface area contributed by atoms with Crippen molar-refractivity contribution in [2.24, 2.45) is 0 Å². The van der Waals surface area contributed by atoms with E-state index in [-0.39, 0.29) is 18.4 Å². The lowest BCUT2D eigenvalue weighted by Crippen LogP contribution is -2.57. The van der Waals surface area contributed by atoms with Gasteiger partial charge in [0.15, 0.2) is 0 Å². The standard InChI is InChI=1S/C29H33F2N3O/c30-26-19-25(35-22-24-9-5-2-6-10-24)11-12-28(26)34-14-13-29(27(31)21-34)33-17-15-32(16-18-33)20-23-7-3-1-4-8-23/h1-12,19,27,29H,13-18,20-22H2/t27-,29+/m0/s1. The summed E-state index contributed by atoms with van der Waals surface area (Å²) in [5.74, 6) is 0.117. The lowest BCUT2D eigenvalue weighted by Gasteiger charge is -2.44. The Labute approximate surface area is 206 Å². The van der Waals surface area contributed by atoms with Gasteiger partial charge in [-0.05, 0) is 29.7 Å². The first-order valence-corrected chi connectivity index (χ1v) is 12.5. The van der Waals surface area contributed by atoms with E-state index in [2.05, 4.69) is 34.1 Å². The molecule has 2 aliphatic rings. The van der Waals surface area contributed by atoms with Gasteiger partial charge in [-0.15, -0.1) is 0 Å². The Morgan fingerprint density at radius 1 is 0.800 bits per heavy atom.